The summed E-state index contributed by atoms with van der Waals surface area (Å²) in [5.74, 6) is -1.92. The summed E-state index contributed by atoms with van der Waals surface area (Å²) in [5, 5.41) is 10.5. The Hall–Kier alpha value is -1.88. The third-order valence-corrected chi connectivity index (χ3v) is 6.31. The Labute approximate surface area is 195 Å². The molecule has 5 nitrogen and oxygen atoms in total. The first-order chi connectivity index (χ1) is 15.4. The fraction of sp³-hybridized carbons (Fsp3) is 0.704. The number of likely N-dealkylation sites (tertiary alicyclic amines) is 1. The second-order valence-corrected chi connectivity index (χ2v) is 9.41. The molecule has 0 N–H and O–H groups in total. The molecule has 1 aromatic rings. The number of carbonyl (C=O) groups is 2. The van der Waals surface area contributed by atoms with Gasteiger partial charge in [-0.3, -0.25) is 4.79 Å². The molecule has 1 saturated heterocycles. The minimum absolute atomic E-state index is 0.00926. The summed E-state index contributed by atoms with van der Waals surface area (Å²) >= 11 is 0. The van der Waals surface area contributed by atoms with Crippen molar-refractivity contribution in [1.82, 2.24) is 0 Å². The molecule has 0 aliphatic carbocycles. The highest BCUT2D eigenvalue weighted by Gasteiger charge is 2.23. The first-order valence-corrected chi connectivity index (χ1v) is 12.7. The van der Waals surface area contributed by atoms with Crippen LogP contribution < -0.4 is 9.84 Å². The predicted molar refractivity (Wildman–Crippen MR) is 129 cm³/mol. The summed E-state index contributed by atoms with van der Waals surface area (Å²) in [6, 6.07) is 5.81. The van der Waals surface area contributed by atoms with E-state index in [2.05, 4.69) is 18.7 Å². The lowest BCUT2D eigenvalue weighted by molar-refractivity contribution is -0.914. The molecule has 0 radical (unpaired) electrons. The first-order valence-electron chi connectivity index (χ1n) is 12.7. The lowest BCUT2D eigenvalue weighted by atomic mass is 10.0. The van der Waals surface area contributed by atoms with Crippen molar-refractivity contribution < 1.29 is 23.9 Å². The highest BCUT2D eigenvalue weighted by Crippen LogP contribution is 2.18. The average Bonchev–Trinajstić information content (AvgIpc) is 2.76. The smallest absolute Gasteiger partial charge is 0.308 e. The number of para-hydroxylation sites is 1. The Bertz CT molecular complexity index is 653. The summed E-state index contributed by atoms with van der Waals surface area (Å²) < 4.78 is 6.02. The van der Waals surface area contributed by atoms with Gasteiger partial charge in [0, 0.05) is 12.5 Å². The summed E-state index contributed by atoms with van der Waals surface area (Å²) in [5.41, 5.74) is -0.127. The second-order valence-electron chi connectivity index (χ2n) is 9.41. The van der Waals surface area contributed by atoms with Crippen molar-refractivity contribution in [3.8, 4) is 5.75 Å². The van der Waals surface area contributed by atoms with Gasteiger partial charge in [-0.15, -0.1) is 0 Å². The number of unbranched alkanes of at least 4 members (excludes halogenated alkanes) is 9. The number of hydrogen-bond acceptors (Lipinski definition) is 4. The average molecular weight is 448 g/mol. The summed E-state index contributed by atoms with van der Waals surface area (Å²) in [6.07, 6.45) is 19.0. The molecule has 5 heteroatoms. The molecule has 1 fully saturated rings. The standard InChI is InChI=1S/C18H38N.C9H8O4/c1-3-4-5-6-7-8-9-10-11-13-16-19(2)17-14-12-15-18-19;1-6(10)13-8-5-3-2-4-7(8)9(11)12/h3-18H2,1-2H3;2-5H,1H3,(H,11,12)/q+1;/p-1. The predicted octanol–water partition coefficient (Wildman–Crippen LogP) is 5.51. The quantitative estimate of drug-likeness (QED) is 0.173. The molecule has 1 aliphatic rings. The fourth-order valence-corrected chi connectivity index (χ4v) is 4.36. The number of nitrogens with zero attached hydrogens (tertiary/aromatic N) is 1. The van der Waals surface area contributed by atoms with Crippen molar-refractivity contribution in [2.24, 2.45) is 0 Å². The summed E-state index contributed by atoms with van der Waals surface area (Å²) in [7, 11) is 2.48. The van der Waals surface area contributed by atoms with E-state index in [9.17, 15) is 14.7 Å². The Morgan fingerprint density at radius 3 is 1.94 bits per heavy atom. The molecule has 0 saturated carbocycles. The molecular formula is C27H45NO4. The SMILES string of the molecule is CC(=O)Oc1ccccc1C(=O)[O-].CCCCCCCCCCCC[N+]1(C)CCCCC1. The third-order valence-electron chi connectivity index (χ3n) is 6.31. The maximum Gasteiger partial charge on any atom is 0.308 e. The highest BCUT2D eigenvalue weighted by molar-refractivity contribution is 5.90. The van der Waals surface area contributed by atoms with E-state index < -0.39 is 11.9 Å². The Morgan fingerprint density at radius 1 is 0.875 bits per heavy atom. The maximum absolute atomic E-state index is 10.6. The Kier molecular flexibility index (Phi) is 14.7. The van der Waals surface area contributed by atoms with Crippen LogP contribution in [0.4, 0.5) is 0 Å². The van der Waals surface area contributed by atoms with Crippen LogP contribution in [0.5, 0.6) is 5.75 Å². The van der Waals surface area contributed by atoms with Gasteiger partial charge in [0.1, 0.15) is 5.75 Å². The number of quaternary nitrogens is 1. The highest BCUT2D eigenvalue weighted by atomic mass is 16.5. The summed E-state index contributed by atoms with van der Waals surface area (Å²) in [6.45, 7) is 7.82. The monoisotopic (exact) mass is 447 g/mol. The van der Waals surface area contributed by atoms with Gasteiger partial charge >= 0.3 is 5.97 Å². The van der Waals surface area contributed by atoms with Crippen molar-refractivity contribution in [2.45, 2.75) is 97.3 Å². The normalized spacial score (nSPS) is 14.8. The van der Waals surface area contributed by atoms with E-state index in [1.165, 1.54) is 133 Å². The number of esters is 1. The van der Waals surface area contributed by atoms with E-state index in [4.69, 9.17) is 0 Å². The number of carboxylic acids is 1. The topological polar surface area (TPSA) is 66.4 Å². The number of carboxylic acid groups (broad SMARTS) is 1. The molecule has 0 spiro atoms. The van der Waals surface area contributed by atoms with Gasteiger partial charge in [-0.2, -0.15) is 0 Å². The van der Waals surface area contributed by atoms with Gasteiger partial charge in [0.15, 0.2) is 0 Å². The van der Waals surface area contributed by atoms with E-state index in [1.807, 2.05) is 0 Å². The largest absolute Gasteiger partial charge is 0.545 e. The maximum atomic E-state index is 10.6. The van der Waals surface area contributed by atoms with Crippen LogP contribution in [0, 0.1) is 0 Å². The zero-order valence-electron chi connectivity index (χ0n) is 20.7. The van der Waals surface area contributed by atoms with Gasteiger partial charge in [-0.25, -0.2) is 0 Å². The molecule has 0 amide bonds. The molecule has 0 atom stereocenters. The molecule has 0 bridgehead atoms. The van der Waals surface area contributed by atoms with E-state index in [0.29, 0.717) is 0 Å². The van der Waals surface area contributed by atoms with Crippen molar-refractivity contribution >= 4 is 11.9 Å². The molecule has 0 unspecified atom stereocenters. The molecular weight excluding hydrogens is 402 g/mol. The zero-order chi connectivity index (χ0) is 23.7. The van der Waals surface area contributed by atoms with Crippen LogP contribution >= 0.6 is 0 Å². The number of ether oxygens (including phenoxy) is 1. The van der Waals surface area contributed by atoms with Crippen molar-refractivity contribution in [3.63, 3.8) is 0 Å². The van der Waals surface area contributed by atoms with Crippen LogP contribution in [0.3, 0.4) is 0 Å². The molecule has 32 heavy (non-hydrogen) atoms. The van der Waals surface area contributed by atoms with Gasteiger partial charge < -0.3 is 19.1 Å². The second kappa shape index (κ2) is 16.7. The molecule has 2 rings (SSSR count). The van der Waals surface area contributed by atoms with Crippen LogP contribution in [0.15, 0.2) is 24.3 Å². The zero-order valence-corrected chi connectivity index (χ0v) is 20.7. The Morgan fingerprint density at radius 2 is 1.41 bits per heavy atom. The first kappa shape index (κ1) is 28.2. The number of rotatable bonds is 13. The number of benzene rings is 1. The molecule has 1 aromatic carbocycles. The van der Waals surface area contributed by atoms with Crippen LogP contribution in [0.1, 0.15) is 108 Å². The van der Waals surface area contributed by atoms with Crippen LogP contribution in [-0.4, -0.2) is 43.1 Å². The fourth-order valence-electron chi connectivity index (χ4n) is 4.36. The van der Waals surface area contributed by atoms with Gasteiger partial charge in [-0.1, -0.05) is 70.4 Å². The van der Waals surface area contributed by atoms with Gasteiger partial charge in [-0.05, 0) is 44.2 Å². The molecule has 1 heterocycles. The van der Waals surface area contributed by atoms with E-state index in [0.717, 1.165) is 0 Å². The van der Waals surface area contributed by atoms with Gasteiger partial charge in [0.25, 0.3) is 0 Å². The number of aromatic carboxylic acids is 1. The lowest BCUT2D eigenvalue weighted by Crippen LogP contribution is -2.48. The minimum atomic E-state index is -1.36. The van der Waals surface area contributed by atoms with Crippen LogP contribution in [0.2, 0.25) is 0 Å². The summed E-state index contributed by atoms with van der Waals surface area (Å²) in [4.78, 5) is 21.1. The Balaban J connectivity index is 0.000000343. The van der Waals surface area contributed by atoms with Crippen LogP contribution in [-0.2, 0) is 4.79 Å². The number of carbonyl (C=O) groups excluding carboxylic acids is 2. The van der Waals surface area contributed by atoms with E-state index in [-0.39, 0.29) is 11.3 Å². The minimum Gasteiger partial charge on any atom is -0.545 e. The molecule has 1 aliphatic heterocycles. The van der Waals surface area contributed by atoms with Crippen molar-refractivity contribution in [2.75, 3.05) is 26.7 Å². The lowest BCUT2D eigenvalue weighted by Gasteiger charge is -2.37. The van der Waals surface area contributed by atoms with Crippen LogP contribution in [0.25, 0.3) is 0 Å². The van der Waals surface area contributed by atoms with Gasteiger partial charge in [0.05, 0.1) is 32.7 Å². The molecule has 182 valence electrons. The van der Waals surface area contributed by atoms with Gasteiger partial charge in [0.2, 0.25) is 0 Å². The number of piperidine rings is 1. The number of hydrogen-bond donors (Lipinski definition) is 0. The van der Waals surface area contributed by atoms with E-state index >= 15 is 0 Å². The van der Waals surface area contributed by atoms with E-state index in [1.54, 1.807) is 6.07 Å². The third kappa shape index (κ3) is 12.8. The van der Waals surface area contributed by atoms with Crippen molar-refractivity contribution in [1.29, 1.82) is 0 Å². The van der Waals surface area contributed by atoms with Crippen molar-refractivity contribution in [3.05, 3.63) is 29.8 Å². The molecule has 0 aromatic heterocycles.